The van der Waals surface area contributed by atoms with Crippen molar-refractivity contribution in [2.24, 2.45) is 0 Å². The lowest BCUT2D eigenvalue weighted by Gasteiger charge is -2.24. The van der Waals surface area contributed by atoms with E-state index in [1.165, 1.54) is 17.0 Å². The number of carbonyl (C=O) groups is 1. The molecule has 0 aliphatic carbocycles. The number of amides is 1. The predicted molar refractivity (Wildman–Crippen MR) is 112 cm³/mol. The van der Waals surface area contributed by atoms with E-state index in [0.717, 1.165) is 36.0 Å². The zero-order chi connectivity index (χ0) is 20.2. The van der Waals surface area contributed by atoms with Crippen LogP contribution in [-0.4, -0.2) is 44.8 Å². The Balaban J connectivity index is 1.44. The minimum Gasteiger partial charge on any atom is -0.392 e. The summed E-state index contributed by atoms with van der Waals surface area (Å²) >= 11 is 0. The highest BCUT2D eigenvalue weighted by Crippen LogP contribution is 2.27. The van der Waals surface area contributed by atoms with Crippen LogP contribution >= 0.6 is 0 Å². The number of para-hydroxylation sites is 1. The normalized spacial score (nSPS) is 19.9. The molecule has 4 rings (SSSR count). The Morgan fingerprint density at radius 1 is 1.21 bits per heavy atom. The summed E-state index contributed by atoms with van der Waals surface area (Å²) in [7, 11) is 0. The van der Waals surface area contributed by atoms with E-state index in [1.54, 1.807) is 11.6 Å². The quantitative estimate of drug-likeness (QED) is 0.296. The minimum absolute atomic E-state index is 0.289. The van der Waals surface area contributed by atoms with E-state index in [-0.39, 0.29) is 12.1 Å². The van der Waals surface area contributed by atoms with E-state index in [2.05, 4.69) is 34.3 Å². The molecule has 0 unspecified atom stereocenters. The molecule has 1 aliphatic rings. The lowest BCUT2D eigenvalue weighted by Crippen LogP contribution is -2.30. The lowest BCUT2D eigenvalue weighted by molar-refractivity contribution is -0.124. The number of hydrogen-bond acceptors (Lipinski definition) is 4. The number of fused-ring (bicyclic) bond motifs is 1. The summed E-state index contributed by atoms with van der Waals surface area (Å²) in [4.78, 5) is 16.8. The molecule has 1 amide bonds. The number of hydrogen-bond donors (Lipinski definition) is 4. The number of nitrogens with zero attached hydrogens (tertiary/aromatic N) is 1. The molecule has 1 aromatic heterocycles. The van der Waals surface area contributed by atoms with Gasteiger partial charge >= 0.3 is 0 Å². The van der Waals surface area contributed by atoms with Gasteiger partial charge in [0.05, 0.1) is 6.10 Å². The number of aliphatic hydroxyl groups is 1. The second-order valence-corrected chi connectivity index (χ2v) is 7.59. The molecule has 4 N–H and O–H groups in total. The van der Waals surface area contributed by atoms with Crippen molar-refractivity contribution in [2.75, 3.05) is 6.54 Å². The van der Waals surface area contributed by atoms with Crippen LogP contribution in [0.2, 0.25) is 0 Å². The third-order valence-electron chi connectivity index (χ3n) is 5.54. The summed E-state index contributed by atoms with van der Waals surface area (Å²) in [5.41, 5.74) is 6.05. The van der Waals surface area contributed by atoms with Crippen molar-refractivity contribution < 1.29 is 15.1 Å². The van der Waals surface area contributed by atoms with Gasteiger partial charge in [-0.3, -0.25) is 14.9 Å². The minimum atomic E-state index is -0.555. The fourth-order valence-corrected chi connectivity index (χ4v) is 4.10. The van der Waals surface area contributed by atoms with Gasteiger partial charge in [-0.1, -0.05) is 42.5 Å². The maximum absolute atomic E-state index is 11.1. The monoisotopic (exact) mass is 391 g/mol. The maximum atomic E-state index is 11.1. The van der Waals surface area contributed by atoms with Gasteiger partial charge in [0, 0.05) is 42.3 Å². The van der Waals surface area contributed by atoms with Gasteiger partial charge in [-0.2, -0.15) is 0 Å². The first-order valence-electron chi connectivity index (χ1n) is 9.80. The Hall–Kier alpha value is -2.93. The standard InChI is InChI=1S/C23H25N3O3/c27-20-12-19(11-18-13-24-22-4-2-1-3-21(18)22)26(15-20)14-17-7-5-16(6-8-17)9-10-23(28)25-29/h1-10,13,19-20,24,27,29H,11-12,14-15H2,(H,25,28)/b10-9+/t19-,20+/m0/s1. The topological polar surface area (TPSA) is 88.6 Å². The number of nitrogens with one attached hydrogen (secondary N) is 2. The smallest absolute Gasteiger partial charge is 0.267 e. The fourth-order valence-electron chi connectivity index (χ4n) is 4.10. The summed E-state index contributed by atoms with van der Waals surface area (Å²) in [6, 6.07) is 16.5. The van der Waals surface area contributed by atoms with Crippen LogP contribution in [0.25, 0.3) is 17.0 Å². The molecule has 0 saturated carbocycles. The molecule has 0 spiro atoms. The average molecular weight is 391 g/mol. The first-order chi connectivity index (χ1) is 14.1. The number of β-amino-alcohol motifs (C(OH)–C–C–N with tert-alkyl or cyclic N) is 1. The number of aliphatic hydroxyl groups excluding tert-OH is 1. The number of H-pyrrole nitrogens is 1. The van der Waals surface area contributed by atoms with Crippen molar-refractivity contribution in [1.29, 1.82) is 0 Å². The Morgan fingerprint density at radius 3 is 2.79 bits per heavy atom. The van der Waals surface area contributed by atoms with E-state index in [1.807, 2.05) is 30.3 Å². The second-order valence-electron chi connectivity index (χ2n) is 7.59. The van der Waals surface area contributed by atoms with E-state index >= 15 is 0 Å². The Morgan fingerprint density at radius 2 is 2.00 bits per heavy atom. The average Bonchev–Trinajstić information content (AvgIpc) is 3.30. The Kier molecular flexibility index (Phi) is 5.76. The van der Waals surface area contributed by atoms with Gasteiger partial charge in [0.15, 0.2) is 0 Å². The molecule has 1 aliphatic heterocycles. The number of hydroxylamine groups is 1. The van der Waals surface area contributed by atoms with Gasteiger partial charge in [-0.25, -0.2) is 5.48 Å². The van der Waals surface area contributed by atoms with Crippen LogP contribution in [0.4, 0.5) is 0 Å². The van der Waals surface area contributed by atoms with Gasteiger partial charge in [-0.05, 0) is 41.7 Å². The van der Waals surface area contributed by atoms with Crippen LogP contribution < -0.4 is 5.48 Å². The van der Waals surface area contributed by atoms with Gasteiger partial charge in [-0.15, -0.1) is 0 Å². The number of likely N-dealkylation sites (tertiary alicyclic amines) is 1. The van der Waals surface area contributed by atoms with Crippen molar-refractivity contribution in [3.8, 4) is 0 Å². The molecular formula is C23H25N3O3. The van der Waals surface area contributed by atoms with Gasteiger partial charge in [0.25, 0.3) is 5.91 Å². The maximum Gasteiger partial charge on any atom is 0.267 e. The summed E-state index contributed by atoms with van der Waals surface area (Å²) in [6.07, 6.45) is 6.38. The molecule has 2 aromatic carbocycles. The second kappa shape index (κ2) is 8.61. The van der Waals surface area contributed by atoms with E-state index < -0.39 is 5.91 Å². The molecule has 2 heterocycles. The van der Waals surface area contributed by atoms with Crippen molar-refractivity contribution in [2.45, 2.75) is 31.5 Å². The van der Waals surface area contributed by atoms with Crippen molar-refractivity contribution in [3.63, 3.8) is 0 Å². The van der Waals surface area contributed by atoms with Crippen molar-refractivity contribution in [3.05, 3.63) is 77.5 Å². The molecule has 1 saturated heterocycles. The first-order valence-corrected chi connectivity index (χ1v) is 9.80. The largest absolute Gasteiger partial charge is 0.392 e. The molecule has 0 radical (unpaired) electrons. The SMILES string of the molecule is O=C(/C=C/c1ccc(CN2C[C@H](O)C[C@@H]2Cc2c[nH]c3ccccc23)cc1)NO. The molecule has 6 nitrogen and oxygen atoms in total. The molecule has 0 bridgehead atoms. The molecule has 3 aromatic rings. The molecule has 6 heteroatoms. The number of carbonyl (C=O) groups excluding carboxylic acids is 1. The predicted octanol–water partition coefficient (Wildman–Crippen LogP) is 2.86. The lowest BCUT2D eigenvalue weighted by atomic mass is 10.0. The molecule has 29 heavy (non-hydrogen) atoms. The van der Waals surface area contributed by atoms with Crippen LogP contribution in [-0.2, 0) is 17.8 Å². The van der Waals surface area contributed by atoms with E-state index in [9.17, 15) is 9.90 Å². The highest BCUT2D eigenvalue weighted by Gasteiger charge is 2.31. The number of benzene rings is 2. The molecule has 150 valence electrons. The molecular weight excluding hydrogens is 366 g/mol. The number of rotatable bonds is 6. The van der Waals surface area contributed by atoms with Gasteiger partial charge in [0.2, 0.25) is 0 Å². The zero-order valence-electron chi connectivity index (χ0n) is 16.1. The van der Waals surface area contributed by atoms with E-state index in [0.29, 0.717) is 6.54 Å². The number of aromatic nitrogens is 1. The van der Waals surface area contributed by atoms with Crippen LogP contribution in [0.15, 0.2) is 60.8 Å². The van der Waals surface area contributed by atoms with Crippen LogP contribution in [0.3, 0.4) is 0 Å². The Labute approximate surface area is 169 Å². The summed E-state index contributed by atoms with van der Waals surface area (Å²) < 4.78 is 0. The number of aromatic amines is 1. The third-order valence-corrected chi connectivity index (χ3v) is 5.54. The fraction of sp³-hybridized carbons (Fsp3) is 0.261. The highest BCUT2D eigenvalue weighted by atomic mass is 16.5. The summed E-state index contributed by atoms with van der Waals surface area (Å²) in [5.74, 6) is -0.555. The van der Waals surface area contributed by atoms with Gasteiger partial charge < -0.3 is 10.1 Å². The van der Waals surface area contributed by atoms with Crippen molar-refractivity contribution >= 4 is 22.9 Å². The molecule has 1 fully saturated rings. The zero-order valence-corrected chi connectivity index (χ0v) is 16.1. The Bertz CT molecular complexity index is 1010. The molecule has 2 atom stereocenters. The van der Waals surface area contributed by atoms with Crippen molar-refractivity contribution in [1.82, 2.24) is 15.4 Å². The van der Waals surface area contributed by atoms with Crippen LogP contribution in [0.5, 0.6) is 0 Å². The summed E-state index contributed by atoms with van der Waals surface area (Å²) in [5, 5.41) is 20.0. The van der Waals surface area contributed by atoms with Gasteiger partial charge in [0.1, 0.15) is 0 Å². The first kappa shape index (κ1) is 19.4. The van der Waals surface area contributed by atoms with E-state index in [4.69, 9.17) is 5.21 Å². The van der Waals surface area contributed by atoms with Crippen LogP contribution in [0, 0.1) is 0 Å². The highest BCUT2D eigenvalue weighted by molar-refractivity contribution is 5.90. The third kappa shape index (κ3) is 4.56. The van der Waals surface area contributed by atoms with Crippen LogP contribution in [0.1, 0.15) is 23.1 Å². The summed E-state index contributed by atoms with van der Waals surface area (Å²) in [6.45, 7) is 1.44.